The summed E-state index contributed by atoms with van der Waals surface area (Å²) in [7, 11) is 1.53. The zero-order valence-electron chi connectivity index (χ0n) is 14.6. The van der Waals surface area contributed by atoms with Gasteiger partial charge in [0, 0.05) is 11.5 Å². The van der Waals surface area contributed by atoms with Crippen LogP contribution < -0.4 is 14.9 Å². The van der Waals surface area contributed by atoms with Gasteiger partial charge in [0.05, 0.1) is 19.9 Å². The fourth-order valence-corrected chi connectivity index (χ4v) is 2.66. The lowest BCUT2D eigenvalue weighted by Gasteiger charge is -2.10. The molecule has 0 unspecified atom stereocenters. The van der Waals surface area contributed by atoms with Crippen molar-refractivity contribution in [2.75, 3.05) is 13.7 Å². The molecule has 1 aromatic carbocycles. The summed E-state index contributed by atoms with van der Waals surface area (Å²) in [4.78, 5) is 12.2. The van der Waals surface area contributed by atoms with Crippen LogP contribution in [-0.4, -0.2) is 25.8 Å². The highest BCUT2D eigenvalue weighted by atomic mass is 16.5. The van der Waals surface area contributed by atoms with Crippen LogP contribution in [0.25, 0.3) is 0 Å². The molecule has 1 aromatic heterocycles. The Kier molecular flexibility index (Phi) is 5.07. The molecule has 0 spiro atoms. The van der Waals surface area contributed by atoms with Gasteiger partial charge >= 0.3 is 0 Å². The van der Waals surface area contributed by atoms with Crippen LogP contribution in [0.4, 0.5) is 0 Å². The average Bonchev–Trinajstić information content (AvgIpc) is 3.16. The van der Waals surface area contributed by atoms with Crippen LogP contribution in [0.5, 0.6) is 11.5 Å². The van der Waals surface area contributed by atoms with Gasteiger partial charge < -0.3 is 13.9 Å². The highest BCUT2D eigenvalue weighted by Crippen LogP contribution is 2.47. The number of hydrogen-bond acceptors (Lipinski definition) is 5. The first-order chi connectivity index (χ1) is 12.1. The second kappa shape index (κ2) is 7.42. The maximum absolute atomic E-state index is 12.2. The molecule has 0 radical (unpaired) electrons. The zero-order chi connectivity index (χ0) is 17.8. The number of hydrazone groups is 1. The smallest absolute Gasteiger partial charge is 0.271 e. The van der Waals surface area contributed by atoms with Gasteiger partial charge in [-0.15, -0.1) is 0 Å². The SMILES string of the molecule is CCOc1ccc(C(=O)N/N=C\c2ccc([C@H]3C[C@H]3C)o2)cc1OC. The maximum Gasteiger partial charge on any atom is 0.271 e. The molecule has 2 atom stereocenters. The van der Waals surface area contributed by atoms with Crippen molar-refractivity contribution < 1.29 is 18.7 Å². The van der Waals surface area contributed by atoms with Gasteiger partial charge in [-0.2, -0.15) is 5.10 Å². The molecular formula is C19H22N2O4. The summed E-state index contributed by atoms with van der Waals surface area (Å²) in [6.07, 6.45) is 2.67. The summed E-state index contributed by atoms with van der Waals surface area (Å²) >= 11 is 0. The Hall–Kier alpha value is -2.76. The summed E-state index contributed by atoms with van der Waals surface area (Å²) in [5.41, 5.74) is 2.92. The largest absolute Gasteiger partial charge is 0.493 e. The molecule has 2 aromatic rings. The van der Waals surface area contributed by atoms with Crippen molar-refractivity contribution in [2.45, 2.75) is 26.2 Å². The number of benzene rings is 1. The topological polar surface area (TPSA) is 73.1 Å². The van der Waals surface area contributed by atoms with Crippen molar-refractivity contribution >= 4 is 12.1 Å². The first-order valence-corrected chi connectivity index (χ1v) is 8.36. The lowest BCUT2D eigenvalue weighted by Crippen LogP contribution is -2.17. The number of rotatable bonds is 7. The Morgan fingerprint density at radius 1 is 1.36 bits per heavy atom. The van der Waals surface area contributed by atoms with E-state index in [1.165, 1.54) is 19.7 Å². The molecule has 6 nitrogen and oxygen atoms in total. The van der Waals surface area contributed by atoms with Gasteiger partial charge in [0.2, 0.25) is 0 Å². The minimum atomic E-state index is -0.333. The molecule has 1 aliphatic rings. The number of nitrogens with zero attached hydrogens (tertiary/aromatic N) is 1. The van der Waals surface area contributed by atoms with Crippen molar-refractivity contribution in [3.05, 3.63) is 47.4 Å². The highest BCUT2D eigenvalue weighted by molar-refractivity contribution is 5.95. The van der Waals surface area contributed by atoms with Gasteiger partial charge in [0.25, 0.3) is 5.91 Å². The Bertz CT molecular complexity index is 781. The third-order valence-corrected chi connectivity index (χ3v) is 4.21. The standard InChI is InChI=1S/C19H22N2O4/c1-4-24-17-7-5-13(10-18(17)23-3)19(22)21-20-11-14-6-8-16(25-14)15-9-12(15)2/h5-8,10-12,15H,4,9H2,1-3H3,(H,21,22)/b20-11-/t12-,15+/m1/s1. The van der Waals surface area contributed by atoms with E-state index in [2.05, 4.69) is 17.5 Å². The summed E-state index contributed by atoms with van der Waals surface area (Å²) in [6.45, 7) is 4.61. The summed E-state index contributed by atoms with van der Waals surface area (Å²) in [5.74, 6) is 3.59. The molecule has 25 heavy (non-hydrogen) atoms. The number of ether oxygens (including phenoxy) is 2. The third-order valence-electron chi connectivity index (χ3n) is 4.21. The summed E-state index contributed by atoms with van der Waals surface area (Å²) in [6, 6.07) is 8.81. The quantitative estimate of drug-likeness (QED) is 0.617. The summed E-state index contributed by atoms with van der Waals surface area (Å²) < 4.78 is 16.4. The predicted molar refractivity (Wildman–Crippen MR) is 94.5 cm³/mol. The molecule has 1 aliphatic carbocycles. The minimum absolute atomic E-state index is 0.333. The van der Waals surface area contributed by atoms with Crippen LogP contribution in [0.3, 0.4) is 0 Å². The fourth-order valence-electron chi connectivity index (χ4n) is 2.66. The number of carbonyl (C=O) groups is 1. The van der Waals surface area contributed by atoms with E-state index in [4.69, 9.17) is 13.9 Å². The number of hydrogen-bond donors (Lipinski definition) is 1. The van der Waals surface area contributed by atoms with E-state index in [9.17, 15) is 4.79 Å². The van der Waals surface area contributed by atoms with Crippen LogP contribution in [0.1, 0.15) is 48.1 Å². The predicted octanol–water partition coefficient (Wildman–Crippen LogP) is 3.57. The first-order valence-electron chi connectivity index (χ1n) is 8.36. The van der Waals surface area contributed by atoms with Gasteiger partial charge in [-0.25, -0.2) is 5.43 Å². The second-order valence-electron chi connectivity index (χ2n) is 6.06. The van der Waals surface area contributed by atoms with E-state index in [1.54, 1.807) is 18.2 Å². The van der Waals surface area contributed by atoms with Crippen molar-refractivity contribution in [3.8, 4) is 11.5 Å². The second-order valence-corrected chi connectivity index (χ2v) is 6.06. The van der Waals surface area contributed by atoms with Crippen molar-refractivity contribution in [1.29, 1.82) is 0 Å². The Morgan fingerprint density at radius 3 is 2.84 bits per heavy atom. The normalized spacial score (nSPS) is 19.0. The molecule has 1 heterocycles. The van der Waals surface area contributed by atoms with Crippen LogP contribution in [0.2, 0.25) is 0 Å². The van der Waals surface area contributed by atoms with Gasteiger partial charge in [-0.05, 0) is 49.6 Å². The Balaban J connectivity index is 1.61. The molecule has 0 bridgehead atoms. The van der Waals surface area contributed by atoms with E-state index >= 15 is 0 Å². The van der Waals surface area contributed by atoms with Gasteiger partial charge in [0.1, 0.15) is 11.5 Å². The lowest BCUT2D eigenvalue weighted by molar-refractivity contribution is 0.0954. The van der Waals surface area contributed by atoms with Crippen LogP contribution in [-0.2, 0) is 0 Å². The van der Waals surface area contributed by atoms with Crippen molar-refractivity contribution in [2.24, 2.45) is 11.0 Å². The molecule has 1 saturated carbocycles. The van der Waals surface area contributed by atoms with E-state index < -0.39 is 0 Å². The summed E-state index contributed by atoms with van der Waals surface area (Å²) in [5, 5.41) is 3.95. The highest BCUT2D eigenvalue weighted by Gasteiger charge is 2.36. The zero-order valence-corrected chi connectivity index (χ0v) is 14.6. The Labute approximate surface area is 146 Å². The molecule has 0 saturated heterocycles. The first kappa shape index (κ1) is 17.1. The molecular weight excluding hydrogens is 320 g/mol. The van der Waals surface area contributed by atoms with Gasteiger partial charge in [-0.3, -0.25) is 4.79 Å². The van der Waals surface area contributed by atoms with Crippen LogP contribution >= 0.6 is 0 Å². The molecule has 0 aliphatic heterocycles. The minimum Gasteiger partial charge on any atom is -0.493 e. The average molecular weight is 342 g/mol. The number of carbonyl (C=O) groups excluding carboxylic acids is 1. The fraction of sp³-hybridized carbons (Fsp3) is 0.368. The van der Waals surface area contributed by atoms with E-state index in [-0.39, 0.29) is 5.91 Å². The van der Waals surface area contributed by atoms with Crippen LogP contribution in [0.15, 0.2) is 39.9 Å². The number of amides is 1. The third kappa shape index (κ3) is 4.02. The molecule has 3 rings (SSSR count). The van der Waals surface area contributed by atoms with E-state index in [0.717, 1.165) is 5.76 Å². The molecule has 132 valence electrons. The lowest BCUT2D eigenvalue weighted by atomic mass is 10.2. The molecule has 6 heteroatoms. The maximum atomic E-state index is 12.2. The van der Waals surface area contributed by atoms with Gasteiger partial charge in [0.15, 0.2) is 11.5 Å². The van der Waals surface area contributed by atoms with Crippen molar-refractivity contribution in [1.82, 2.24) is 5.43 Å². The van der Waals surface area contributed by atoms with E-state index in [1.807, 2.05) is 19.1 Å². The van der Waals surface area contributed by atoms with Gasteiger partial charge in [-0.1, -0.05) is 6.92 Å². The van der Waals surface area contributed by atoms with E-state index in [0.29, 0.717) is 41.3 Å². The molecule has 1 amide bonds. The Morgan fingerprint density at radius 2 is 2.16 bits per heavy atom. The molecule has 1 N–H and O–H groups in total. The van der Waals surface area contributed by atoms with Crippen molar-refractivity contribution in [3.63, 3.8) is 0 Å². The van der Waals surface area contributed by atoms with Crippen LogP contribution in [0, 0.1) is 5.92 Å². The number of nitrogens with one attached hydrogen (secondary N) is 1. The number of furan rings is 1. The number of methoxy groups -OCH3 is 1. The monoisotopic (exact) mass is 342 g/mol. The molecule has 1 fully saturated rings.